The predicted molar refractivity (Wildman–Crippen MR) is 64.0 cm³/mol. The van der Waals surface area contributed by atoms with Crippen molar-refractivity contribution in [2.75, 3.05) is 13.7 Å². The number of aromatic nitrogens is 2. The molecule has 18 heavy (non-hydrogen) atoms. The van der Waals surface area contributed by atoms with Gasteiger partial charge in [0.05, 0.1) is 19.2 Å². The number of ether oxygens (including phenoxy) is 1. The molecule has 2 heterocycles. The molecule has 0 aliphatic rings. The van der Waals surface area contributed by atoms with Crippen LogP contribution in [0.3, 0.4) is 0 Å². The minimum Gasteiger partial charge on any atom is -0.467 e. The molecule has 0 radical (unpaired) electrons. The first kappa shape index (κ1) is 12.4. The molecule has 2 N–H and O–H groups in total. The molecule has 0 spiro atoms. The van der Waals surface area contributed by atoms with Crippen molar-refractivity contribution in [3.05, 3.63) is 41.9 Å². The highest BCUT2D eigenvalue weighted by Gasteiger charge is 2.09. The minimum absolute atomic E-state index is 0.388. The van der Waals surface area contributed by atoms with Crippen molar-refractivity contribution in [1.29, 1.82) is 0 Å². The summed E-state index contributed by atoms with van der Waals surface area (Å²) in [5.74, 6) is 1.26. The van der Waals surface area contributed by atoms with Gasteiger partial charge in [-0.3, -0.25) is 0 Å². The number of carbonyl (C=O) groups excluding carboxylic acids is 1. The lowest BCUT2D eigenvalue weighted by atomic mass is 10.3. The Kier molecular flexibility index (Phi) is 4.14. The Morgan fingerprint density at radius 3 is 3.22 bits per heavy atom. The first-order chi connectivity index (χ1) is 8.79. The molecule has 0 unspecified atom stereocenters. The number of imidazole rings is 1. The van der Waals surface area contributed by atoms with Crippen LogP contribution in [0, 0.1) is 0 Å². The standard InChI is InChI=1S/C12H15N3O3/c1-17-12(16)9-6-10(18-8-9)7-13-3-2-11-14-4-5-15-11/h4-6,8,13H,2-3,7H2,1H3,(H,14,15). The Hall–Kier alpha value is -2.08. The topological polar surface area (TPSA) is 80.2 Å². The Morgan fingerprint density at radius 2 is 2.50 bits per heavy atom. The van der Waals surface area contributed by atoms with Crippen molar-refractivity contribution in [2.24, 2.45) is 0 Å². The summed E-state index contributed by atoms with van der Waals surface area (Å²) >= 11 is 0. The van der Waals surface area contributed by atoms with Gasteiger partial charge < -0.3 is 19.5 Å². The van der Waals surface area contributed by atoms with Crippen LogP contribution in [-0.2, 0) is 17.7 Å². The molecule has 0 bridgehead atoms. The zero-order valence-electron chi connectivity index (χ0n) is 10.1. The third-order valence-corrected chi connectivity index (χ3v) is 2.47. The van der Waals surface area contributed by atoms with Gasteiger partial charge in [0.15, 0.2) is 0 Å². The van der Waals surface area contributed by atoms with Crippen LogP contribution in [0.1, 0.15) is 21.9 Å². The molecular weight excluding hydrogens is 234 g/mol. The van der Waals surface area contributed by atoms with Gasteiger partial charge >= 0.3 is 5.97 Å². The van der Waals surface area contributed by atoms with E-state index in [0.29, 0.717) is 17.9 Å². The second kappa shape index (κ2) is 6.02. The van der Waals surface area contributed by atoms with Crippen molar-refractivity contribution in [3.8, 4) is 0 Å². The van der Waals surface area contributed by atoms with Crippen LogP contribution >= 0.6 is 0 Å². The summed E-state index contributed by atoms with van der Waals surface area (Å²) in [7, 11) is 1.34. The fourth-order valence-corrected chi connectivity index (χ4v) is 1.55. The van der Waals surface area contributed by atoms with E-state index < -0.39 is 0 Å². The average Bonchev–Trinajstić information content (AvgIpc) is 3.05. The van der Waals surface area contributed by atoms with Crippen LogP contribution in [0.25, 0.3) is 0 Å². The molecule has 0 aliphatic heterocycles. The van der Waals surface area contributed by atoms with Crippen molar-refractivity contribution in [1.82, 2.24) is 15.3 Å². The van der Waals surface area contributed by atoms with E-state index in [-0.39, 0.29) is 5.97 Å². The molecule has 2 aromatic rings. The van der Waals surface area contributed by atoms with Crippen LogP contribution in [-0.4, -0.2) is 29.6 Å². The normalized spacial score (nSPS) is 10.5. The van der Waals surface area contributed by atoms with E-state index >= 15 is 0 Å². The third kappa shape index (κ3) is 3.21. The van der Waals surface area contributed by atoms with Crippen LogP contribution in [0.4, 0.5) is 0 Å². The Labute approximate surface area is 104 Å². The number of nitrogens with one attached hydrogen (secondary N) is 2. The number of esters is 1. The lowest BCUT2D eigenvalue weighted by Gasteiger charge is -2.00. The van der Waals surface area contributed by atoms with Crippen LogP contribution < -0.4 is 5.32 Å². The number of aromatic amines is 1. The summed E-state index contributed by atoms with van der Waals surface area (Å²) in [6.45, 7) is 1.35. The Morgan fingerprint density at radius 1 is 1.61 bits per heavy atom. The molecule has 6 nitrogen and oxygen atoms in total. The lowest BCUT2D eigenvalue weighted by molar-refractivity contribution is 0.0600. The van der Waals surface area contributed by atoms with E-state index in [1.807, 2.05) is 0 Å². The molecule has 0 saturated heterocycles. The van der Waals surface area contributed by atoms with Gasteiger partial charge in [-0.2, -0.15) is 0 Å². The van der Waals surface area contributed by atoms with E-state index in [1.165, 1.54) is 13.4 Å². The smallest absolute Gasteiger partial charge is 0.341 e. The largest absolute Gasteiger partial charge is 0.467 e. The maximum Gasteiger partial charge on any atom is 0.341 e. The summed E-state index contributed by atoms with van der Waals surface area (Å²) in [4.78, 5) is 18.3. The van der Waals surface area contributed by atoms with E-state index in [0.717, 1.165) is 18.8 Å². The fourth-order valence-electron chi connectivity index (χ4n) is 1.55. The molecular formula is C12H15N3O3. The molecule has 0 aromatic carbocycles. The number of H-pyrrole nitrogens is 1. The van der Waals surface area contributed by atoms with Gasteiger partial charge in [0.25, 0.3) is 0 Å². The molecule has 0 atom stereocenters. The fraction of sp³-hybridized carbons (Fsp3) is 0.333. The zero-order valence-corrected chi connectivity index (χ0v) is 10.1. The van der Waals surface area contributed by atoms with E-state index in [2.05, 4.69) is 20.0 Å². The van der Waals surface area contributed by atoms with Gasteiger partial charge in [0.2, 0.25) is 0 Å². The molecule has 0 fully saturated rings. The van der Waals surface area contributed by atoms with Gasteiger partial charge in [-0.25, -0.2) is 9.78 Å². The number of methoxy groups -OCH3 is 1. The average molecular weight is 249 g/mol. The van der Waals surface area contributed by atoms with Crippen LogP contribution in [0.15, 0.2) is 29.1 Å². The maximum atomic E-state index is 11.2. The van der Waals surface area contributed by atoms with Crippen molar-refractivity contribution < 1.29 is 13.9 Å². The SMILES string of the molecule is COC(=O)c1coc(CNCCc2ncc[nH]2)c1. The molecule has 6 heteroatoms. The summed E-state index contributed by atoms with van der Waals surface area (Å²) in [5, 5.41) is 3.20. The molecule has 96 valence electrons. The number of carbonyl (C=O) groups is 1. The Balaban J connectivity index is 1.73. The maximum absolute atomic E-state index is 11.2. The highest BCUT2D eigenvalue weighted by molar-refractivity contribution is 5.88. The zero-order chi connectivity index (χ0) is 12.8. The van der Waals surface area contributed by atoms with Gasteiger partial charge in [-0.05, 0) is 6.07 Å². The predicted octanol–water partition coefficient (Wildman–Crippen LogP) is 1.12. The summed E-state index contributed by atoms with van der Waals surface area (Å²) in [5.41, 5.74) is 0.431. The molecule has 0 amide bonds. The van der Waals surface area contributed by atoms with Gasteiger partial charge in [-0.1, -0.05) is 0 Å². The minimum atomic E-state index is -0.388. The Bertz CT molecular complexity index is 490. The van der Waals surface area contributed by atoms with E-state index in [9.17, 15) is 4.79 Å². The van der Waals surface area contributed by atoms with E-state index in [1.54, 1.807) is 18.5 Å². The van der Waals surface area contributed by atoms with Gasteiger partial charge in [-0.15, -0.1) is 0 Å². The highest BCUT2D eigenvalue weighted by atomic mass is 16.5. The second-order valence-electron chi connectivity index (χ2n) is 3.76. The number of furan rings is 1. The molecule has 0 aliphatic carbocycles. The van der Waals surface area contributed by atoms with E-state index in [4.69, 9.17) is 4.42 Å². The van der Waals surface area contributed by atoms with Crippen LogP contribution in [0.2, 0.25) is 0 Å². The van der Waals surface area contributed by atoms with Gasteiger partial charge in [0.1, 0.15) is 17.8 Å². The van der Waals surface area contributed by atoms with Crippen LogP contribution in [0.5, 0.6) is 0 Å². The number of hydrogen-bond donors (Lipinski definition) is 2. The highest BCUT2D eigenvalue weighted by Crippen LogP contribution is 2.08. The first-order valence-electron chi connectivity index (χ1n) is 5.64. The second-order valence-corrected chi connectivity index (χ2v) is 3.76. The van der Waals surface area contributed by atoms with Crippen molar-refractivity contribution in [2.45, 2.75) is 13.0 Å². The summed E-state index contributed by atoms with van der Waals surface area (Å²) < 4.78 is 9.83. The quantitative estimate of drug-likeness (QED) is 0.592. The molecule has 2 rings (SSSR count). The summed E-state index contributed by atoms with van der Waals surface area (Å²) in [6, 6.07) is 1.67. The molecule has 2 aromatic heterocycles. The van der Waals surface area contributed by atoms with Crippen molar-refractivity contribution >= 4 is 5.97 Å². The monoisotopic (exact) mass is 249 g/mol. The number of nitrogens with zero attached hydrogens (tertiary/aromatic N) is 1. The van der Waals surface area contributed by atoms with Crippen molar-refractivity contribution in [3.63, 3.8) is 0 Å². The van der Waals surface area contributed by atoms with Gasteiger partial charge in [0, 0.05) is 25.4 Å². The number of hydrogen-bond acceptors (Lipinski definition) is 5. The molecule has 0 saturated carbocycles. The summed E-state index contributed by atoms with van der Waals surface area (Å²) in [6.07, 6.45) is 5.74. The number of rotatable bonds is 6. The third-order valence-electron chi connectivity index (χ3n) is 2.47. The first-order valence-corrected chi connectivity index (χ1v) is 5.64. The lowest BCUT2D eigenvalue weighted by Crippen LogP contribution is -2.16.